The summed E-state index contributed by atoms with van der Waals surface area (Å²) in [4.78, 5) is 15.0. The molecule has 0 spiro atoms. The number of nitrogens with one attached hydrogen (secondary N) is 1. The number of benzene rings is 2. The van der Waals surface area contributed by atoms with Gasteiger partial charge in [-0.15, -0.1) is 0 Å². The zero-order chi connectivity index (χ0) is 18.6. The molecule has 0 bridgehead atoms. The molecule has 1 saturated heterocycles. The van der Waals surface area contributed by atoms with Gasteiger partial charge in [-0.05, 0) is 61.0 Å². The van der Waals surface area contributed by atoms with Crippen molar-refractivity contribution in [3.8, 4) is 0 Å². The lowest BCUT2D eigenvalue weighted by Gasteiger charge is -2.27. The van der Waals surface area contributed by atoms with Gasteiger partial charge in [-0.3, -0.25) is 9.69 Å². The van der Waals surface area contributed by atoms with Crippen LogP contribution in [0, 0.1) is 11.7 Å². The minimum absolute atomic E-state index is 0.0230. The summed E-state index contributed by atoms with van der Waals surface area (Å²) in [6.45, 7) is 3.82. The molecule has 4 heteroatoms. The first kappa shape index (κ1) is 18.2. The number of likely N-dealkylation sites (tertiary alicyclic amines) is 1. The molecule has 3 nitrogen and oxygen atoms in total. The highest BCUT2D eigenvalue weighted by atomic mass is 19.1. The van der Waals surface area contributed by atoms with Crippen molar-refractivity contribution in [1.29, 1.82) is 0 Å². The van der Waals surface area contributed by atoms with Crippen molar-refractivity contribution in [2.45, 2.75) is 44.7 Å². The van der Waals surface area contributed by atoms with Crippen LogP contribution in [0.3, 0.4) is 0 Å². The number of piperidine rings is 1. The Bertz CT molecular complexity index is 800. The molecule has 2 fully saturated rings. The number of hydrogen-bond acceptors (Lipinski definition) is 2. The quantitative estimate of drug-likeness (QED) is 0.830. The summed E-state index contributed by atoms with van der Waals surface area (Å²) >= 11 is 0. The van der Waals surface area contributed by atoms with Gasteiger partial charge in [0.05, 0.1) is 0 Å². The third-order valence-corrected chi connectivity index (χ3v) is 5.85. The van der Waals surface area contributed by atoms with E-state index in [4.69, 9.17) is 0 Å². The van der Waals surface area contributed by atoms with Crippen LogP contribution >= 0.6 is 0 Å². The maximum Gasteiger partial charge on any atom is 0.224 e. The van der Waals surface area contributed by atoms with Crippen molar-refractivity contribution < 1.29 is 9.18 Å². The molecule has 142 valence electrons. The molecular formula is C23H27FN2O. The van der Waals surface area contributed by atoms with Crippen LogP contribution in [-0.4, -0.2) is 23.9 Å². The summed E-state index contributed by atoms with van der Waals surface area (Å²) in [7, 11) is 0. The van der Waals surface area contributed by atoms with E-state index in [2.05, 4.69) is 28.4 Å². The molecule has 1 aliphatic carbocycles. The SMILES string of the molecule is O=C(NCc1ccccc1CN1CCCCC1)C1CC1c1ccccc1F. The minimum Gasteiger partial charge on any atom is -0.352 e. The largest absolute Gasteiger partial charge is 0.352 e. The Hall–Kier alpha value is -2.20. The monoisotopic (exact) mass is 366 g/mol. The summed E-state index contributed by atoms with van der Waals surface area (Å²) < 4.78 is 13.9. The maximum absolute atomic E-state index is 13.9. The fourth-order valence-electron chi connectivity index (χ4n) is 4.16. The van der Waals surface area contributed by atoms with Gasteiger partial charge in [0.1, 0.15) is 5.82 Å². The van der Waals surface area contributed by atoms with Crippen molar-refractivity contribution in [2.24, 2.45) is 5.92 Å². The molecule has 2 aliphatic rings. The van der Waals surface area contributed by atoms with Crippen molar-refractivity contribution in [1.82, 2.24) is 10.2 Å². The second-order valence-electron chi connectivity index (χ2n) is 7.79. The summed E-state index contributed by atoms with van der Waals surface area (Å²) in [6, 6.07) is 15.1. The molecule has 1 amide bonds. The highest BCUT2D eigenvalue weighted by molar-refractivity contribution is 5.82. The van der Waals surface area contributed by atoms with E-state index in [1.807, 2.05) is 12.1 Å². The average Bonchev–Trinajstić information content (AvgIpc) is 3.49. The maximum atomic E-state index is 13.9. The number of nitrogens with zero attached hydrogens (tertiary/aromatic N) is 1. The summed E-state index contributed by atoms with van der Waals surface area (Å²) in [5.41, 5.74) is 3.14. The van der Waals surface area contributed by atoms with Gasteiger partial charge in [-0.25, -0.2) is 4.39 Å². The first-order chi connectivity index (χ1) is 13.2. The van der Waals surface area contributed by atoms with Crippen LogP contribution in [-0.2, 0) is 17.9 Å². The second-order valence-corrected chi connectivity index (χ2v) is 7.79. The van der Waals surface area contributed by atoms with E-state index in [9.17, 15) is 9.18 Å². The summed E-state index contributed by atoms with van der Waals surface area (Å²) in [5, 5.41) is 3.08. The van der Waals surface area contributed by atoms with Gasteiger partial charge >= 0.3 is 0 Å². The number of carbonyl (C=O) groups excluding carboxylic acids is 1. The lowest BCUT2D eigenvalue weighted by Crippen LogP contribution is -2.30. The van der Waals surface area contributed by atoms with E-state index < -0.39 is 0 Å². The number of carbonyl (C=O) groups is 1. The lowest BCUT2D eigenvalue weighted by atomic mass is 10.0. The highest BCUT2D eigenvalue weighted by Gasteiger charge is 2.44. The van der Waals surface area contributed by atoms with E-state index in [0.717, 1.165) is 26.1 Å². The molecule has 2 unspecified atom stereocenters. The Morgan fingerprint density at radius 1 is 1.00 bits per heavy atom. The van der Waals surface area contributed by atoms with Crippen molar-refractivity contribution >= 4 is 5.91 Å². The molecule has 1 aliphatic heterocycles. The van der Waals surface area contributed by atoms with E-state index >= 15 is 0 Å². The average molecular weight is 366 g/mol. The Kier molecular flexibility index (Phi) is 5.53. The molecule has 2 atom stereocenters. The van der Waals surface area contributed by atoms with Crippen molar-refractivity contribution in [3.63, 3.8) is 0 Å². The predicted molar refractivity (Wildman–Crippen MR) is 105 cm³/mol. The zero-order valence-electron chi connectivity index (χ0n) is 15.7. The number of amides is 1. The number of halogens is 1. The van der Waals surface area contributed by atoms with Gasteiger partial charge < -0.3 is 5.32 Å². The molecule has 2 aromatic carbocycles. The van der Waals surface area contributed by atoms with Crippen LogP contribution in [0.15, 0.2) is 48.5 Å². The molecule has 0 radical (unpaired) electrons. The van der Waals surface area contributed by atoms with Gasteiger partial charge in [-0.1, -0.05) is 48.9 Å². The molecule has 2 aromatic rings. The molecule has 27 heavy (non-hydrogen) atoms. The lowest BCUT2D eigenvalue weighted by molar-refractivity contribution is -0.122. The summed E-state index contributed by atoms with van der Waals surface area (Å²) in [6.07, 6.45) is 4.62. The normalized spacial score (nSPS) is 22.4. The Morgan fingerprint density at radius 3 is 2.48 bits per heavy atom. The predicted octanol–water partition coefficient (Wildman–Crippen LogP) is 4.23. The fraction of sp³-hybridized carbons (Fsp3) is 0.435. The first-order valence-corrected chi connectivity index (χ1v) is 10.0. The van der Waals surface area contributed by atoms with Crippen molar-refractivity contribution in [2.75, 3.05) is 13.1 Å². The van der Waals surface area contributed by atoms with E-state index in [-0.39, 0.29) is 23.6 Å². The van der Waals surface area contributed by atoms with E-state index in [0.29, 0.717) is 12.1 Å². The topological polar surface area (TPSA) is 32.3 Å². The second kappa shape index (κ2) is 8.22. The molecule has 1 saturated carbocycles. The fourth-order valence-corrected chi connectivity index (χ4v) is 4.16. The molecule has 1 heterocycles. The smallest absolute Gasteiger partial charge is 0.224 e. The first-order valence-electron chi connectivity index (χ1n) is 10.0. The Morgan fingerprint density at radius 2 is 1.70 bits per heavy atom. The Balaban J connectivity index is 1.34. The minimum atomic E-state index is -0.204. The van der Waals surface area contributed by atoms with Crippen LogP contribution in [0.1, 0.15) is 48.3 Å². The third-order valence-electron chi connectivity index (χ3n) is 5.85. The molecule has 0 aromatic heterocycles. The van der Waals surface area contributed by atoms with Crippen LogP contribution < -0.4 is 5.32 Å². The van der Waals surface area contributed by atoms with Gasteiger partial charge in [0.25, 0.3) is 0 Å². The van der Waals surface area contributed by atoms with Crippen LogP contribution in [0.2, 0.25) is 0 Å². The number of hydrogen-bond donors (Lipinski definition) is 1. The standard InChI is InChI=1S/C23H27FN2O/c24-22-11-5-4-10-19(22)20-14-21(20)23(27)25-15-17-8-2-3-9-18(17)16-26-12-6-1-7-13-26/h2-5,8-11,20-21H,1,6-7,12-16H2,(H,25,27). The van der Waals surface area contributed by atoms with E-state index in [1.54, 1.807) is 12.1 Å². The zero-order valence-corrected chi connectivity index (χ0v) is 15.7. The van der Waals surface area contributed by atoms with Crippen LogP contribution in [0.4, 0.5) is 4.39 Å². The van der Waals surface area contributed by atoms with Gasteiger partial charge in [0, 0.05) is 19.0 Å². The van der Waals surface area contributed by atoms with Crippen molar-refractivity contribution in [3.05, 3.63) is 71.0 Å². The number of rotatable bonds is 6. The summed E-state index contributed by atoms with van der Waals surface area (Å²) in [5.74, 6) is -0.244. The molecule has 4 rings (SSSR count). The van der Waals surface area contributed by atoms with Crippen LogP contribution in [0.25, 0.3) is 0 Å². The molecular weight excluding hydrogens is 339 g/mol. The third kappa shape index (κ3) is 4.38. The van der Waals surface area contributed by atoms with Crippen LogP contribution in [0.5, 0.6) is 0 Å². The highest BCUT2D eigenvalue weighted by Crippen LogP contribution is 2.48. The van der Waals surface area contributed by atoms with Gasteiger partial charge in [0.2, 0.25) is 5.91 Å². The van der Waals surface area contributed by atoms with Gasteiger partial charge in [-0.2, -0.15) is 0 Å². The Labute approximate surface area is 160 Å². The van der Waals surface area contributed by atoms with E-state index in [1.165, 1.54) is 36.5 Å². The molecule has 1 N–H and O–H groups in total. The van der Waals surface area contributed by atoms with Gasteiger partial charge in [0.15, 0.2) is 0 Å².